The predicted molar refractivity (Wildman–Crippen MR) is 211 cm³/mol. The number of hydrogen-bond acceptors (Lipinski definition) is 12. The Labute approximate surface area is 362 Å². The van der Waals surface area contributed by atoms with Crippen molar-refractivity contribution in [1.82, 2.24) is 0 Å². The van der Waals surface area contributed by atoms with Crippen molar-refractivity contribution < 1.29 is 80.7 Å². The average Bonchev–Trinajstić information content (AvgIpc) is 3.21. The number of esters is 3. The molecule has 0 heterocycles. The van der Waals surface area contributed by atoms with Crippen LogP contribution in [0.5, 0.6) is 17.2 Å². The molecule has 0 unspecified atom stereocenters. The highest BCUT2D eigenvalue weighted by Crippen LogP contribution is 2.34. The maximum absolute atomic E-state index is 14.9. The second kappa shape index (κ2) is 19.5. The molecule has 6 aromatic carbocycles. The largest absolute Gasteiger partial charge is 1.20 e. The van der Waals surface area contributed by atoms with Gasteiger partial charge in [-0.2, -0.15) is 0 Å². The molecule has 0 radical (unpaired) electrons. The Hall–Kier alpha value is -7.75. The normalized spacial score (nSPS) is 10.6. The highest BCUT2D eigenvalue weighted by atomic mass is 27.3. The summed E-state index contributed by atoms with van der Waals surface area (Å²) in [5, 5.41) is 0. The number of hydrogen-bond donors (Lipinski definition) is 0. The van der Waals surface area contributed by atoms with E-state index in [2.05, 4.69) is 0 Å². The molecule has 0 saturated carbocycles. The third kappa shape index (κ3) is 11.0. The lowest BCUT2D eigenvalue weighted by Gasteiger charge is -2.18. The molecular weight excluding hydrogens is 873 g/mol. The van der Waals surface area contributed by atoms with Crippen LogP contribution in [0.25, 0.3) is 33.4 Å². The summed E-state index contributed by atoms with van der Waals surface area (Å²) in [6, 6.07) is 17.3. The summed E-state index contributed by atoms with van der Waals surface area (Å²) in [4.78, 5) is 78.3. The average molecular weight is 901 g/mol. The number of carbonyl (C=O) groups excluding carboxylic acids is 6. The van der Waals surface area contributed by atoms with Crippen molar-refractivity contribution in [3.63, 3.8) is 0 Å². The van der Waals surface area contributed by atoms with E-state index in [0.29, 0.717) is 18.2 Å². The molecule has 6 aromatic rings. The number of carbonyl (C=O) groups is 6. The van der Waals surface area contributed by atoms with E-state index in [4.69, 9.17) is 25.6 Å². The quantitative estimate of drug-likeness (QED) is 0.0497. The fourth-order valence-electron chi connectivity index (χ4n) is 6.00. The topological polar surface area (TPSA) is 158 Å². The lowest BCUT2D eigenvalue weighted by Crippen LogP contribution is -2.35. The van der Waals surface area contributed by atoms with Crippen molar-refractivity contribution in [1.29, 1.82) is 0 Å². The van der Waals surface area contributed by atoms with Crippen LogP contribution in [0.2, 0.25) is 0 Å². The first kappa shape index (κ1) is 45.8. The first-order valence-corrected chi connectivity index (χ1v) is 19.7. The van der Waals surface area contributed by atoms with Crippen molar-refractivity contribution in [3.8, 4) is 50.6 Å². The van der Waals surface area contributed by atoms with Gasteiger partial charge in [0.1, 0.15) is 52.2 Å². The predicted octanol–water partition coefficient (Wildman–Crippen LogP) is 9.15. The Balaban J connectivity index is 1.45. The van der Waals surface area contributed by atoms with Gasteiger partial charge in [0.25, 0.3) is 0 Å². The molecule has 0 aliphatic rings. The van der Waals surface area contributed by atoms with Crippen LogP contribution in [0, 0.1) is 34.9 Å². The minimum atomic E-state index is -4.74. The van der Waals surface area contributed by atoms with E-state index < -0.39 is 120 Å². The molecule has 0 spiro atoms. The SMILES string of the molecule is CC(=O)Oc1ccc(-c2ccc(F)cc2F)cc1C(=O)[O][Al]([O]C(=O)c1cc(-c2ccc(F)cc2F)ccc1OC(C)=O)[O]C(=O)c1cc(-c2ccc(F)cc2F)ccc1OC(C)=O. The molecule has 6 rings (SSSR count). The Morgan fingerprint density at radius 1 is 0.375 bits per heavy atom. The van der Waals surface area contributed by atoms with Gasteiger partial charge in [-0.25, -0.2) is 40.7 Å². The zero-order chi connectivity index (χ0) is 46.4. The third-order valence-electron chi connectivity index (χ3n) is 8.70. The number of rotatable bonds is 12. The van der Waals surface area contributed by atoms with Crippen molar-refractivity contribution in [3.05, 3.63) is 161 Å². The monoisotopic (exact) mass is 900 g/mol. The Morgan fingerprint density at radius 3 is 0.875 bits per heavy atom. The maximum atomic E-state index is 14.9. The lowest BCUT2D eigenvalue weighted by atomic mass is 10.0. The third-order valence-corrected chi connectivity index (χ3v) is 9.92. The summed E-state index contributed by atoms with van der Waals surface area (Å²) in [5.41, 5.74) is -2.90. The zero-order valence-electron chi connectivity index (χ0n) is 33.1. The Morgan fingerprint density at radius 2 is 0.641 bits per heavy atom. The summed E-state index contributed by atoms with van der Waals surface area (Å²) in [6.07, 6.45) is 0. The molecule has 0 amide bonds. The van der Waals surface area contributed by atoms with Gasteiger partial charge in [-0.05, 0) is 89.5 Å². The Kier molecular flexibility index (Phi) is 14.0. The molecular formula is C45H27AlF6O12. The van der Waals surface area contributed by atoms with Crippen LogP contribution in [0.4, 0.5) is 26.3 Å². The molecule has 12 nitrogen and oxygen atoms in total. The van der Waals surface area contributed by atoms with Crippen molar-refractivity contribution in [2.24, 2.45) is 0 Å². The molecule has 0 aromatic heterocycles. The van der Waals surface area contributed by atoms with E-state index in [9.17, 15) is 55.1 Å². The van der Waals surface area contributed by atoms with Crippen LogP contribution in [0.3, 0.4) is 0 Å². The van der Waals surface area contributed by atoms with Crippen LogP contribution in [0.15, 0.2) is 109 Å². The Bertz CT molecular complexity index is 2580. The van der Waals surface area contributed by atoms with Crippen LogP contribution < -0.4 is 14.2 Å². The number of ether oxygens (including phenoxy) is 3. The standard InChI is InChI=1S/3C15H10F2O4.Al/c3*1-8(18)21-14-5-2-9(6-12(14)15(19)20)11-4-3-10(16)7-13(11)17;/h3*2-7H,1H3,(H,19,20);/q;;;+3/p-3. The molecule has 0 atom stereocenters. The fourth-order valence-corrected chi connectivity index (χ4v) is 7.05. The van der Waals surface area contributed by atoms with Gasteiger partial charge < -0.3 is 25.6 Å². The summed E-state index contributed by atoms with van der Waals surface area (Å²) in [6.45, 7) is 2.93. The van der Waals surface area contributed by atoms with Gasteiger partial charge in [-0.1, -0.05) is 18.2 Å². The van der Waals surface area contributed by atoms with Crippen LogP contribution in [-0.2, 0) is 25.7 Å². The second-order valence-corrected chi connectivity index (χ2v) is 14.6. The van der Waals surface area contributed by atoms with Gasteiger partial charge in [0.05, 0.1) is 16.7 Å². The van der Waals surface area contributed by atoms with Gasteiger partial charge in [0.15, 0.2) is 0 Å². The molecule has 324 valence electrons. The van der Waals surface area contributed by atoms with Gasteiger partial charge in [-0.15, -0.1) is 0 Å². The van der Waals surface area contributed by atoms with E-state index in [1.807, 2.05) is 0 Å². The van der Waals surface area contributed by atoms with Crippen molar-refractivity contribution in [2.45, 2.75) is 20.8 Å². The first-order valence-electron chi connectivity index (χ1n) is 18.3. The zero-order valence-corrected chi connectivity index (χ0v) is 34.3. The number of halogens is 6. The molecule has 0 aliphatic carbocycles. The molecule has 0 bridgehead atoms. The molecule has 19 heteroatoms. The summed E-state index contributed by atoms with van der Waals surface area (Å²) in [7, 11) is 0. The smallest absolute Gasteiger partial charge is 0.547 e. The van der Waals surface area contributed by atoms with E-state index >= 15 is 0 Å². The highest BCUT2D eigenvalue weighted by molar-refractivity contribution is 6.46. The van der Waals surface area contributed by atoms with Gasteiger partial charge in [-0.3, -0.25) is 14.4 Å². The van der Waals surface area contributed by atoms with Crippen LogP contribution in [-0.4, -0.2) is 51.0 Å². The van der Waals surface area contributed by atoms with E-state index in [-0.39, 0.29) is 33.4 Å². The summed E-state index contributed by atoms with van der Waals surface area (Å²) < 4.78 is 118. The van der Waals surface area contributed by atoms with Crippen molar-refractivity contribution >= 4 is 51.0 Å². The molecule has 0 N–H and O–H groups in total. The molecule has 0 fully saturated rings. The minimum absolute atomic E-state index is 0.0840. The van der Waals surface area contributed by atoms with E-state index in [0.717, 1.165) is 93.6 Å². The van der Waals surface area contributed by atoms with E-state index in [1.54, 1.807) is 0 Å². The lowest BCUT2D eigenvalue weighted by molar-refractivity contribution is -0.132. The molecule has 0 saturated heterocycles. The van der Waals surface area contributed by atoms with Crippen molar-refractivity contribution in [2.75, 3.05) is 0 Å². The minimum Gasteiger partial charge on any atom is -0.547 e. The molecule has 0 aliphatic heterocycles. The second-order valence-electron chi connectivity index (χ2n) is 13.3. The highest BCUT2D eigenvalue weighted by Gasteiger charge is 2.51. The van der Waals surface area contributed by atoms with Gasteiger partial charge in [0.2, 0.25) is 0 Å². The van der Waals surface area contributed by atoms with Gasteiger partial charge in [0, 0.05) is 55.7 Å². The van der Waals surface area contributed by atoms with E-state index in [1.165, 1.54) is 18.2 Å². The first-order chi connectivity index (χ1) is 30.4. The fraction of sp³-hybridized carbons (Fsp3) is 0.0667. The van der Waals surface area contributed by atoms with Gasteiger partial charge >= 0.3 is 51.0 Å². The molecule has 64 heavy (non-hydrogen) atoms. The number of benzene rings is 6. The summed E-state index contributed by atoms with van der Waals surface area (Å²) in [5.74, 6) is -14.9. The van der Waals surface area contributed by atoms with Crippen LogP contribution >= 0.6 is 0 Å². The maximum Gasteiger partial charge on any atom is 1.20 e. The summed E-state index contributed by atoms with van der Waals surface area (Å²) >= 11 is -4.74. The van der Waals surface area contributed by atoms with Crippen LogP contribution in [0.1, 0.15) is 51.8 Å².